The predicted octanol–water partition coefficient (Wildman–Crippen LogP) is 4.88. The lowest BCUT2D eigenvalue weighted by molar-refractivity contribution is -0.117. The fourth-order valence-electron chi connectivity index (χ4n) is 6.22. The fourth-order valence-corrected chi connectivity index (χ4v) is 6.22. The van der Waals surface area contributed by atoms with E-state index in [1.54, 1.807) is 48.4 Å². The second kappa shape index (κ2) is 15.2. The smallest absolute Gasteiger partial charge is 0.410 e. The highest BCUT2D eigenvalue weighted by atomic mass is 16.6. The van der Waals surface area contributed by atoms with Crippen LogP contribution in [0.4, 0.5) is 27.9 Å². The SMILES string of the molecule is COc1cc(C(=O)NCCCCOC2CCN(C(=O)OC(C)(C)C)CC2)ccc1Nc1ncc2c(n1)N(C1CCCC1)CC(=O)N2C. The molecular weight excluding hydrogens is 602 g/mol. The van der Waals surface area contributed by atoms with Crippen LogP contribution in [0.25, 0.3) is 0 Å². The molecule has 3 amide bonds. The maximum absolute atomic E-state index is 12.9. The van der Waals surface area contributed by atoms with E-state index in [2.05, 4.69) is 20.5 Å². The Morgan fingerprint density at radius 1 is 1.06 bits per heavy atom. The maximum atomic E-state index is 12.9. The zero-order valence-electron chi connectivity index (χ0n) is 28.3. The van der Waals surface area contributed by atoms with Crippen molar-refractivity contribution in [1.29, 1.82) is 0 Å². The second-order valence-corrected chi connectivity index (χ2v) is 13.5. The number of nitrogens with one attached hydrogen (secondary N) is 2. The first kappa shape index (κ1) is 34.2. The standard InChI is InChI=1S/C34H49N7O6/c1-34(2,3)47-33(44)40-17-14-25(15-18-40)46-19-9-8-16-35-31(43)23-12-13-26(28(20-23)45-5)37-32-36-21-27-30(38-32)41(22-29(42)39(27)4)24-10-6-7-11-24/h12-13,20-21,24-25H,6-11,14-19,22H2,1-5H3,(H,35,43)(H,36,37,38). The van der Waals surface area contributed by atoms with E-state index in [1.807, 2.05) is 20.8 Å². The van der Waals surface area contributed by atoms with Crippen molar-refractivity contribution in [3.63, 3.8) is 0 Å². The third-order valence-electron chi connectivity index (χ3n) is 8.84. The fraction of sp³-hybridized carbons (Fsp3) is 0.618. The van der Waals surface area contributed by atoms with Crippen molar-refractivity contribution in [2.75, 3.05) is 62.1 Å². The number of nitrogens with zero attached hydrogens (tertiary/aromatic N) is 5. The van der Waals surface area contributed by atoms with Gasteiger partial charge in [-0.3, -0.25) is 9.59 Å². The Kier molecular flexibility index (Phi) is 11.1. The number of methoxy groups -OCH3 is 1. The van der Waals surface area contributed by atoms with Crippen LogP contribution in [0.3, 0.4) is 0 Å². The summed E-state index contributed by atoms with van der Waals surface area (Å²) in [6, 6.07) is 5.51. The highest BCUT2D eigenvalue weighted by molar-refractivity contribution is 6.02. The molecule has 47 heavy (non-hydrogen) atoms. The summed E-state index contributed by atoms with van der Waals surface area (Å²) in [5.74, 6) is 1.48. The zero-order valence-corrected chi connectivity index (χ0v) is 28.3. The summed E-state index contributed by atoms with van der Waals surface area (Å²) in [4.78, 5) is 52.5. The minimum absolute atomic E-state index is 0.0339. The van der Waals surface area contributed by atoms with E-state index in [4.69, 9.17) is 19.2 Å². The molecule has 0 radical (unpaired) electrons. The number of carbonyl (C=O) groups excluding carboxylic acids is 3. The number of carbonyl (C=O) groups is 3. The molecule has 1 aromatic carbocycles. The van der Waals surface area contributed by atoms with Crippen LogP contribution in [0.5, 0.6) is 5.75 Å². The first-order valence-corrected chi connectivity index (χ1v) is 16.8. The quantitative estimate of drug-likeness (QED) is 0.323. The van der Waals surface area contributed by atoms with Gasteiger partial charge in [0.1, 0.15) is 17.0 Å². The van der Waals surface area contributed by atoms with Gasteiger partial charge in [0, 0.05) is 44.9 Å². The molecule has 5 rings (SSSR count). The van der Waals surface area contributed by atoms with Crippen LogP contribution in [0.1, 0.15) is 82.5 Å². The molecule has 13 nitrogen and oxygen atoms in total. The van der Waals surface area contributed by atoms with Gasteiger partial charge in [-0.05, 0) is 77.5 Å². The van der Waals surface area contributed by atoms with Crippen LogP contribution in [0, 0.1) is 0 Å². The Morgan fingerprint density at radius 3 is 2.51 bits per heavy atom. The number of likely N-dealkylation sites (tertiary alicyclic amines) is 1. The third-order valence-corrected chi connectivity index (χ3v) is 8.84. The Hall–Kier alpha value is -4.13. The lowest BCUT2D eigenvalue weighted by atomic mass is 10.1. The van der Waals surface area contributed by atoms with Gasteiger partial charge in [0.25, 0.3) is 5.91 Å². The van der Waals surface area contributed by atoms with E-state index in [-0.39, 0.29) is 24.0 Å². The Morgan fingerprint density at radius 2 is 1.81 bits per heavy atom. The summed E-state index contributed by atoms with van der Waals surface area (Å²) in [5.41, 5.74) is 1.32. The topological polar surface area (TPSA) is 138 Å². The van der Waals surface area contributed by atoms with Crippen molar-refractivity contribution in [2.24, 2.45) is 0 Å². The minimum atomic E-state index is -0.496. The molecule has 256 valence electrons. The number of aromatic nitrogens is 2. The van der Waals surface area contributed by atoms with Gasteiger partial charge >= 0.3 is 6.09 Å². The number of hydrogen-bond acceptors (Lipinski definition) is 10. The lowest BCUT2D eigenvalue weighted by Gasteiger charge is -2.37. The van der Waals surface area contributed by atoms with Gasteiger partial charge in [-0.2, -0.15) is 4.98 Å². The number of ether oxygens (including phenoxy) is 3. The van der Waals surface area contributed by atoms with Crippen molar-refractivity contribution in [3.05, 3.63) is 30.0 Å². The Balaban J connectivity index is 1.07. The van der Waals surface area contributed by atoms with Crippen molar-refractivity contribution in [2.45, 2.75) is 89.9 Å². The van der Waals surface area contributed by atoms with E-state index < -0.39 is 5.60 Å². The third kappa shape index (κ3) is 8.82. The molecule has 2 fully saturated rings. The molecule has 3 aliphatic rings. The lowest BCUT2D eigenvalue weighted by Crippen LogP contribution is -2.48. The Labute approximate surface area is 277 Å². The van der Waals surface area contributed by atoms with Crippen LogP contribution in [0.2, 0.25) is 0 Å². The predicted molar refractivity (Wildman–Crippen MR) is 180 cm³/mol. The molecule has 1 saturated heterocycles. The van der Waals surface area contributed by atoms with Gasteiger partial charge in [-0.15, -0.1) is 0 Å². The van der Waals surface area contributed by atoms with Gasteiger partial charge in [0.05, 0.1) is 31.6 Å². The molecule has 1 aliphatic carbocycles. The number of piperidine rings is 1. The van der Waals surface area contributed by atoms with Crippen LogP contribution in [0.15, 0.2) is 24.4 Å². The van der Waals surface area contributed by atoms with Crippen molar-refractivity contribution in [1.82, 2.24) is 20.2 Å². The number of benzene rings is 1. The van der Waals surface area contributed by atoms with Gasteiger partial charge in [0.15, 0.2) is 5.82 Å². The number of hydrogen-bond donors (Lipinski definition) is 2. The number of unbranched alkanes of at least 4 members (excludes halogenated alkanes) is 1. The number of amides is 3. The maximum Gasteiger partial charge on any atom is 0.410 e. The number of likely N-dealkylation sites (N-methyl/N-ethyl adjacent to an activating group) is 1. The van der Waals surface area contributed by atoms with Gasteiger partial charge < -0.3 is 39.5 Å². The van der Waals surface area contributed by atoms with E-state index in [0.29, 0.717) is 67.5 Å². The van der Waals surface area contributed by atoms with Crippen molar-refractivity contribution < 1.29 is 28.6 Å². The average Bonchev–Trinajstić information content (AvgIpc) is 3.59. The highest BCUT2D eigenvalue weighted by Crippen LogP contribution is 2.37. The molecule has 13 heteroatoms. The molecule has 2 N–H and O–H groups in total. The van der Waals surface area contributed by atoms with Crippen LogP contribution < -0.4 is 25.2 Å². The summed E-state index contributed by atoms with van der Waals surface area (Å²) in [6.07, 6.45) is 9.14. The highest BCUT2D eigenvalue weighted by Gasteiger charge is 2.34. The molecule has 0 atom stereocenters. The second-order valence-electron chi connectivity index (χ2n) is 13.5. The van der Waals surface area contributed by atoms with Crippen LogP contribution in [-0.4, -0.2) is 97.5 Å². The summed E-state index contributed by atoms with van der Waals surface area (Å²) in [6.45, 7) is 8.32. The monoisotopic (exact) mass is 651 g/mol. The van der Waals surface area contributed by atoms with Gasteiger partial charge in [0.2, 0.25) is 11.9 Å². The molecule has 0 bridgehead atoms. The molecule has 2 aliphatic heterocycles. The van der Waals surface area contributed by atoms with Gasteiger partial charge in [-0.25, -0.2) is 9.78 Å². The molecule has 0 spiro atoms. The largest absolute Gasteiger partial charge is 0.495 e. The average molecular weight is 652 g/mol. The van der Waals surface area contributed by atoms with E-state index in [1.165, 1.54) is 0 Å². The van der Waals surface area contributed by atoms with Crippen molar-refractivity contribution in [3.8, 4) is 5.75 Å². The molecule has 2 aromatic rings. The first-order chi connectivity index (χ1) is 22.5. The van der Waals surface area contributed by atoms with Gasteiger partial charge in [-0.1, -0.05) is 12.8 Å². The molecule has 3 heterocycles. The van der Waals surface area contributed by atoms with Crippen LogP contribution >= 0.6 is 0 Å². The van der Waals surface area contributed by atoms with Crippen molar-refractivity contribution >= 4 is 41.0 Å². The molecule has 0 unspecified atom stereocenters. The molecule has 1 saturated carbocycles. The number of anilines is 4. The normalized spacial score (nSPS) is 17.5. The first-order valence-electron chi connectivity index (χ1n) is 16.8. The Bertz CT molecular complexity index is 1420. The summed E-state index contributed by atoms with van der Waals surface area (Å²) < 4.78 is 17.1. The van der Waals surface area contributed by atoms with Crippen LogP contribution in [-0.2, 0) is 14.3 Å². The van der Waals surface area contributed by atoms with E-state index in [9.17, 15) is 14.4 Å². The molecular formula is C34H49N7O6. The van der Waals surface area contributed by atoms with E-state index >= 15 is 0 Å². The zero-order chi connectivity index (χ0) is 33.6. The summed E-state index contributed by atoms with van der Waals surface area (Å²) >= 11 is 0. The number of rotatable bonds is 11. The molecule has 1 aromatic heterocycles. The van der Waals surface area contributed by atoms with E-state index in [0.717, 1.165) is 57.2 Å². The minimum Gasteiger partial charge on any atom is -0.495 e. The summed E-state index contributed by atoms with van der Waals surface area (Å²) in [5, 5.41) is 6.22. The summed E-state index contributed by atoms with van der Waals surface area (Å²) in [7, 11) is 3.31. The number of fused-ring (bicyclic) bond motifs is 1.